The van der Waals surface area contributed by atoms with Gasteiger partial charge >= 0.3 is 0 Å². The molecule has 0 aliphatic carbocycles. The summed E-state index contributed by atoms with van der Waals surface area (Å²) in [6.45, 7) is 3.25. The molecular formula is C18H23ClN2O3. The van der Waals surface area contributed by atoms with Gasteiger partial charge in [-0.3, -0.25) is 4.79 Å². The maximum absolute atomic E-state index is 11.6. The summed E-state index contributed by atoms with van der Waals surface area (Å²) >= 11 is 0. The standard InChI is InChI=1S/C18H22N2O3.ClH/c1-3-22-15-8-10-17(11-9-15)23-16-6-4-14(5-7-16)20-18(21)12-13-19-2;/h4-11,19H,3,12-13H2,1-2H3,(H,20,21);1H. The Balaban J connectivity index is 0.00000288. The van der Waals surface area contributed by atoms with E-state index in [1.165, 1.54) is 0 Å². The number of anilines is 1. The first-order chi connectivity index (χ1) is 11.2. The van der Waals surface area contributed by atoms with Crippen LogP contribution in [0.15, 0.2) is 48.5 Å². The van der Waals surface area contributed by atoms with E-state index in [9.17, 15) is 4.79 Å². The van der Waals surface area contributed by atoms with Gasteiger partial charge in [0.15, 0.2) is 0 Å². The third-order valence-electron chi connectivity index (χ3n) is 3.11. The molecule has 2 N–H and O–H groups in total. The van der Waals surface area contributed by atoms with Crippen molar-refractivity contribution >= 4 is 24.0 Å². The van der Waals surface area contributed by atoms with E-state index in [2.05, 4.69) is 10.6 Å². The second-order valence-corrected chi connectivity index (χ2v) is 4.93. The number of ether oxygens (including phenoxy) is 2. The van der Waals surface area contributed by atoms with E-state index in [4.69, 9.17) is 9.47 Å². The lowest BCUT2D eigenvalue weighted by Crippen LogP contribution is -2.18. The van der Waals surface area contributed by atoms with Crippen LogP contribution in [-0.4, -0.2) is 26.1 Å². The highest BCUT2D eigenvalue weighted by Gasteiger charge is 2.03. The molecule has 0 atom stereocenters. The van der Waals surface area contributed by atoms with E-state index >= 15 is 0 Å². The van der Waals surface area contributed by atoms with Gasteiger partial charge in [-0.05, 0) is 62.5 Å². The smallest absolute Gasteiger partial charge is 0.225 e. The molecule has 24 heavy (non-hydrogen) atoms. The molecule has 130 valence electrons. The number of halogens is 1. The molecule has 0 unspecified atom stereocenters. The van der Waals surface area contributed by atoms with Crippen LogP contribution in [0.4, 0.5) is 5.69 Å². The van der Waals surface area contributed by atoms with Gasteiger partial charge in [-0.2, -0.15) is 0 Å². The second kappa shape index (κ2) is 10.5. The van der Waals surface area contributed by atoms with Gasteiger partial charge in [0.1, 0.15) is 17.2 Å². The van der Waals surface area contributed by atoms with Crippen LogP contribution in [0.1, 0.15) is 13.3 Å². The van der Waals surface area contributed by atoms with Crippen molar-refractivity contribution in [3.05, 3.63) is 48.5 Å². The van der Waals surface area contributed by atoms with Gasteiger partial charge in [0.25, 0.3) is 0 Å². The highest BCUT2D eigenvalue weighted by Crippen LogP contribution is 2.25. The van der Waals surface area contributed by atoms with Crippen LogP contribution >= 0.6 is 12.4 Å². The quantitative estimate of drug-likeness (QED) is 0.759. The molecule has 0 spiro atoms. The summed E-state index contributed by atoms with van der Waals surface area (Å²) in [6, 6.07) is 14.7. The van der Waals surface area contributed by atoms with E-state index in [0.717, 1.165) is 17.2 Å². The zero-order valence-corrected chi connectivity index (χ0v) is 14.7. The van der Waals surface area contributed by atoms with E-state index < -0.39 is 0 Å². The van der Waals surface area contributed by atoms with Crippen molar-refractivity contribution in [1.29, 1.82) is 0 Å². The van der Waals surface area contributed by atoms with Crippen molar-refractivity contribution in [3.63, 3.8) is 0 Å². The van der Waals surface area contributed by atoms with Gasteiger partial charge in [-0.15, -0.1) is 12.4 Å². The third-order valence-corrected chi connectivity index (χ3v) is 3.11. The van der Waals surface area contributed by atoms with Crippen molar-refractivity contribution in [2.75, 3.05) is 25.5 Å². The molecule has 0 fully saturated rings. The lowest BCUT2D eigenvalue weighted by Gasteiger charge is -2.09. The summed E-state index contributed by atoms with van der Waals surface area (Å²) < 4.78 is 11.1. The average molecular weight is 351 g/mol. The fraction of sp³-hybridized carbons (Fsp3) is 0.278. The molecule has 5 nitrogen and oxygen atoms in total. The largest absolute Gasteiger partial charge is 0.494 e. The maximum Gasteiger partial charge on any atom is 0.225 e. The predicted molar refractivity (Wildman–Crippen MR) is 98.5 cm³/mol. The summed E-state index contributed by atoms with van der Waals surface area (Å²) in [5, 5.41) is 5.78. The van der Waals surface area contributed by atoms with E-state index in [0.29, 0.717) is 25.3 Å². The summed E-state index contributed by atoms with van der Waals surface area (Å²) in [4.78, 5) is 11.6. The second-order valence-electron chi connectivity index (χ2n) is 4.93. The Morgan fingerprint density at radius 2 is 1.50 bits per heavy atom. The third kappa shape index (κ3) is 6.48. The summed E-state index contributed by atoms with van der Waals surface area (Å²) in [7, 11) is 1.82. The number of carbonyl (C=O) groups is 1. The molecule has 2 rings (SSSR count). The number of nitrogens with one attached hydrogen (secondary N) is 2. The van der Waals surface area contributed by atoms with E-state index in [1.54, 1.807) is 0 Å². The van der Waals surface area contributed by atoms with Crippen molar-refractivity contribution < 1.29 is 14.3 Å². The Hall–Kier alpha value is -2.24. The van der Waals surface area contributed by atoms with E-state index in [-0.39, 0.29) is 18.3 Å². The normalized spacial score (nSPS) is 9.75. The Morgan fingerprint density at radius 3 is 2.04 bits per heavy atom. The zero-order valence-electron chi connectivity index (χ0n) is 13.9. The minimum Gasteiger partial charge on any atom is -0.494 e. The number of carbonyl (C=O) groups excluding carboxylic acids is 1. The van der Waals surface area contributed by atoms with Crippen molar-refractivity contribution in [2.24, 2.45) is 0 Å². The lowest BCUT2D eigenvalue weighted by molar-refractivity contribution is -0.116. The first-order valence-electron chi connectivity index (χ1n) is 7.66. The van der Waals surface area contributed by atoms with Gasteiger partial charge < -0.3 is 20.1 Å². The molecule has 0 heterocycles. The summed E-state index contributed by atoms with van der Waals surface area (Å²) in [5.41, 5.74) is 0.755. The van der Waals surface area contributed by atoms with Crippen LogP contribution in [0, 0.1) is 0 Å². The molecule has 0 aliphatic rings. The fourth-order valence-electron chi connectivity index (χ4n) is 1.97. The topological polar surface area (TPSA) is 59.6 Å². The van der Waals surface area contributed by atoms with Crippen molar-refractivity contribution in [3.8, 4) is 17.2 Å². The maximum atomic E-state index is 11.6. The Bertz CT molecular complexity index is 615. The number of amides is 1. The molecular weight excluding hydrogens is 328 g/mol. The highest BCUT2D eigenvalue weighted by atomic mass is 35.5. The minimum atomic E-state index is -0.0143. The van der Waals surface area contributed by atoms with Crippen molar-refractivity contribution in [1.82, 2.24) is 5.32 Å². The monoisotopic (exact) mass is 350 g/mol. The number of hydrogen-bond donors (Lipinski definition) is 2. The van der Waals surface area contributed by atoms with Gasteiger partial charge in [0.05, 0.1) is 6.61 Å². The van der Waals surface area contributed by atoms with E-state index in [1.807, 2.05) is 62.5 Å². The Kier molecular flexibility index (Phi) is 8.68. The average Bonchev–Trinajstić information content (AvgIpc) is 2.57. The molecule has 0 aliphatic heterocycles. The first-order valence-corrected chi connectivity index (χ1v) is 7.66. The molecule has 0 saturated carbocycles. The summed E-state index contributed by atoms with van der Waals surface area (Å²) in [5.74, 6) is 2.25. The van der Waals surface area contributed by atoms with Crippen LogP contribution in [0.3, 0.4) is 0 Å². The predicted octanol–water partition coefficient (Wildman–Crippen LogP) is 3.85. The van der Waals surface area contributed by atoms with Crippen LogP contribution in [0.2, 0.25) is 0 Å². The first kappa shape index (κ1) is 19.8. The SMILES string of the molecule is CCOc1ccc(Oc2ccc(NC(=O)CCNC)cc2)cc1.Cl. The van der Waals surface area contributed by atoms with Gasteiger partial charge in [0.2, 0.25) is 5.91 Å². The molecule has 0 radical (unpaired) electrons. The Labute approximate surface area is 148 Å². The molecule has 2 aromatic rings. The van der Waals surface area contributed by atoms with Crippen LogP contribution in [0.25, 0.3) is 0 Å². The van der Waals surface area contributed by atoms with Gasteiger partial charge in [-0.25, -0.2) is 0 Å². The number of benzene rings is 2. The van der Waals surface area contributed by atoms with Gasteiger partial charge in [-0.1, -0.05) is 0 Å². The zero-order chi connectivity index (χ0) is 16.5. The van der Waals surface area contributed by atoms with Crippen molar-refractivity contribution in [2.45, 2.75) is 13.3 Å². The highest BCUT2D eigenvalue weighted by molar-refractivity contribution is 5.90. The molecule has 0 aromatic heterocycles. The Morgan fingerprint density at radius 1 is 0.958 bits per heavy atom. The molecule has 0 bridgehead atoms. The molecule has 0 saturated heterocycles. The lowest BCUT2D eigenvalue weighted by atomic mass is 10.3. The molecule has 2 aromatic carbocycles. The summed E-state index contributed by atoms with van der Waals surface area (Å²) in [6.07, 6.45) is 0.445. The van der Waals surface area contributed by atoms with Crippen LogP contribution < -0.4 is 20.1 Å². The molecule has 1 amide bonds. The van der Waals surface area contributed by atoms with Crippen LogP contribution in [-0.2, 0) is 4.79 Å². The number of rotatable bonds is 8. The number of hydrogen-bond acceptors (Lipinski definition) is 4. The fourth-order valence-corrected chi connectivity index (χ4v) is 1.97. The minimum absolute atomic E-state index is 0. The van der Waals surface area contributed by atoms with Crippen LogP contribution in [0.5, 0.6) is 17.2 Å². The molecule has 6 heteroatoms. The van der Waals surface area contributed by atoms with Gasteiger partial charge in [0, 0.05) is 18.7 Å².